The molecule has 1 aromatic heterocycles. The highest BCUT2D eigenvalue weighted by Gasteiger charge is 2.34. The fourth-order valence-corrected chi connectivity index (χ4v) is 5.28. The van der Waals surface area contributed by atoms with Crippen LogP contribution in [0.1, 0.15) is 49.3 Å². The van der Waals surface area contributed by atoms with Crippen molar-refractivity contribution in [1.29, 1.82) is 0 Å². The highest BCUT2D eigenvalue weighted by Crippen LogP contribution is 2.32. The van der Waals surface area contributed by atoms with Crippen LogP contribution in [0.5, 0.6) is 0 Å². The average Bonchev–Trinajstić information content (AvgIpc) is 2.93. The Morgan fingerprint density at radius 3 is 2.21 bits per heavy atom. The molecule has 1 amide bonds. The molecule has 1 aliphatic carbocycles. The molecular formula is C26H23F6N3O2S. The first-order valence-corrected chi connectivity index (χ1v) is 13.0. The molecule has 0 radical (unpaired) electrons. The number of hydrogen-bond acceptors (Lipinski definition) is 4. The summed E-state index contributed by atoms with van der Waals surface area (Å²) < 4.78 is 96.6. The van der Waals surface area contributed by atoms with Crippen molar-refractivity contribution in [3.8, 4) is 0 Å². The van der Waals surface area contributed by atoms with Gasteiger partial charge in [0.2, 0.25) is 35.0 Å². The molecule has 1 aliphatic rings. The SMILES string of the molecule is O=C(CN[S+]([O-])c1c(F)c(F)c(F)c(F)c1F)N(Cc1ccc(C2CCCCC2)cn1)c1cccc(F)c1. The monoisotopic (exact) mass is 555 g/mol. The number of nitrogens with one attached hydrogen (secondary N) is 1. The molecule has 0 saturated heterocycles. The number of carbonyl (C=O) groups is 1. The molecule has 202 valence electrons. The Balaban J connectivity index is 1.52. The number of benzene rings is 2. The summed E-state index contributed by atoms with van der Waals surface area (Å²) in [5.41, 5.74) is 1.66. The summed E-state index contributed by atoms with van der Waals surface area (Å²) in [7, 11) is 0. The summed E-state index contributed by atoms with van der Waals surface area (Å²) in [6.07, 6.45) is 7.37. The molecule has 1 saturated carbocycles. The first-order chi connectivity index (χ1) is 18.2. The lowest BCUT2D eigenvalue weighted by atomic mass is 9.85. The normalized spacial score (nSPS) is 14.9. The van der Waals surface area contributed by atoms with Crippen LogP contribution in [0.4, 0.5) is 32.0 Å². The van der Waals surface area contributed by atoms with Gasteiger partial charge < -0.3 is 9.45 Å². The second kappa shape index (κ2) is 12.2. The van der Waals surface area contributed by atoms with Crippen molar-refractivity contribution < 1.29 is 35.7 Å². The Bertz CT molecular complexity index is 1280. The lowest BCUT2D eigenvalue weighted by molar-refractivity contribution is -0.117. The van der Waals surface area contributed by atoms with Gasteiger partial charge in [0.1, 0.15) is 12.4 Å². The fraction of sp³-hybridized carbons (Fsp3) is 0.308. The predicted molar refractivity (Wildman–Crippen MR) is 128 cm³/mol. The Morgan fingerprint density at radius 2 is 1.61 bits per heavy atom. The van der Waals surface area contributed by atoms with Crippen LogP contribution in [0, 0.1) is 34.9 Å². The molecule has 4 rings (SSSR count). The van der Waals surface area contributed by atoms with E-state index in [2.05, 4.69) is 4.98 Å². The zero-order valence-electron chi connectivity index (χ0n) is 20.0. The van der Waals surface area contributed by atoms with Crippen molar-refractivity contribution in [2.24, 2.45) is 0 Å². The Labute approximate surface area is 218 Å². The third-order valence-electron chi connectivity index (χ3n) is 6.37. The smallest absolute Gasteiger partial charge is 0.251 e. The number of amides is 1. The van der Waals surface area contributed by atoms with Gasteiger partial charge in [-0.05, 0) is 48.6 Å². The summed E-state index contributed by atoms with van der Waals surface area (Å²) in [6, 6.07) is 8.71. The Kier molecular flexibility index (Phi) is 8.95. The van der Waals surface area contributed by atoms with E-state index >= 15 is 0 Å². The molecule has 1 atom stereocenters. The number of hydrogen-bond donors (Lipinski definition) is 1. The van der Waals surface area contributed by atoms with Crippen LogP contribution < -0.4 is 9.62 Å². The van der Waals surface area contributed by atoms with Gasteiger partial charge in [0.15, 0.2) is 0 Å². The maximum absolute atomic E-state index is 14.0. The minimum Gasteiger partial charge on any atom is -0.593 e. The molecule has 12 heteroatoms. The van der Waals surface area contributed by atoms with Crippen molar-refractivity contribution >= 4 is 23.0 Å². The summed E-state index contributed by atoms with van der Waals surface area (Å²) in [5, 5.41) is 0. The summed E-state index contributed by atoms with van der Waals surface area (Å²) in [4.78, 5) is 17.0. The van der Waals surface area contributed by atoms with Crippen molar-refractivity contribution in [1.82, 2.24) is 9.71 Å². The van der Waals surface area contributed by atoms with E-state index in [1.54, 1.807) is 12.3 Å². The van der Waals surface area contributed by atoms with E-state index in [-0.39, 0.29) is 12.2 Å². The number of carbonyl (C=O) groups excluding carboxylic acids is 1. The number of anilines is 1. The van der Waals surface area contributed by atoms with E-state index in [0.717, 1.165) is 42.2 Å². The Morgan fingerprint density at radius 1 is 0.947 bits per heavy atom. The zero-order chi connectivity index (χ0) is 27.4. The van der Waals surface area contributed by atoms with Gasteiger partial charge >= 0.3 is 0 Å². The van der Waals surface area contributed by atoms with Crippen molar-refractivity contribution in [3.05, 3.63) is 88.8 Å². The van der Waals surface area contributed by atoms with E-state index in [1.165, 1.54) is 24.6 Å². The third-order valence-corrected chi connectivity index (χ3v) is 7.51. The van der Waals surface area contributed by atoms with Gasteiger partial charge in [-0.25, -0.2) is 17.6 Å². The molecule has 3 aromatic rings. The van der Waals surface area contributed by atoms with Gasteiger partial charge in [-0.3, -0.25) is 9.78 Å². The van der Waals surface area contributed by atoms with Crippen molar-refractivity contribution in [3.63, 3.8) is 0 Å². The number of rotatable bonds is 8. The summed E-state index contributed by atoms with van der Waals surface area (Å²) >= 11 is -2.97. The molecule has 0 spiro atoms. The first kappa shape index (κ1) is 27.9. The highest BCUT2D eigenvalue weighted by atomic mass is 32.2. The molecular weight excluding hydrogens is 532 g/mol. The lowest BCUT2D eigenvalue weighted by Crippen LogP contribution is -2.40. The van der Waals surface area contributed by atoms with Crippen LogP contribution in [-0.4, -0.2) is 22.0 Å². The van der Waals surface area contributed by atoms with Crippen LogP contribution in [0.2, 0.25) is 0 Å². The number of halogens is 6. The predicted octanol–water partition coefficient (Wildman–Crippen LogP) is 5.81. The molecule has 38 heavy (non-hydrogen) atoms. The van der Waals surface area contributed by atoms with E-state index < -0.39 is 63.6 Å². The van der Waals surface area contributed by atoms with Crippen LogP contribution in [0.3, 0.4) is 0 Å². The summed E-state index contributed by atoms with van der Waals surface area (Å²) in [5.74, 6) is -12.5. The standard InChI is InChI=1S/C26H23F6N3O2S/c27-17-7-4-8-19(11-17)35(14-18-10-9-16(12-33-18)15-5-2-1-3-6-15)20(36)13-34-38(37)26-24(31)22(29)21(28)23(30)25(26)32/h4,7-12,15,34H,1-3,5-6,13-14H2. The minimum absolute atomic E-state index is 0.121. The van der Waals surface area contributed by atoms with E-state index in [0.29, 0.717) is 11.6 Å². The van der Waals surface area contributed by atoms with Crippen molar-refractivity contribution in [2.45, 2.75) is 49.5 Å². The quantitative estimate of drug-likeness (QED) is 0.165. The van der Waals surface area contributed by atoms with E-state index in [4.69, 9.17) is 0 Å². The van der Waals surface area contributed by atoms with Crippen LogP contribution >= 0.6 is 0 Å². The molecule has 0 bridgehead atoms. The number of aromatic nitrogens is 1. The molecule has 0 aliphatic heterocycles. The van der Waals surface area contributed by atoms with Gasteiger partial charge in [-0.15, -0.1) is 4.72 Å². The van der Waals surface area contributed by atoms with Crippen LogP contribution in [0.25, 0.3) is 0 Å². The maximum Gasteiger partial charge on any atom is 0.251 e. The zero-order valence-corrected chi connectivity index (χ0v) is 20.8. The van der Waals surface area contributed by atoms with Gasteiger partial charge in [-0.2, -0.15) is 8.78 Å². The largest absolute Gasteiger partial charge is 0.593 e. The molecule has 5 nitrogen and oxygen atoms in total. The second-order valence-corrected chi connectivity index (χ2v) is 10.1. The second-order valence-electron chi connectivity index (χ2n) is 8.87. The van der Waals surface area contributed by atoms with Crippen LogP contribution in [0.15, 0.2) is 47.5 Å². The lowest BCUT2D eigenvalue weighted by Gasteiger charge is -2.24. The van der Waals surface area contributed by atoms with Crippen LogP contribution in [-0.2, 0) is 22.7 Å². The minimum atomic E-state index is -2.97. The molecule has 2 aromatic carbocycles. The van der Waals surface area contributed by atoms with Gasteiger partial charge in [0.05, 0.1) is 23.6 Å². The molecule has 1 fully saturated rings. The maximum atomic E-state index is 14.0. The molecule has 1 heterocycles. The Hall–Kier alpha value is -3.09. The van der Waals surface area contributed by atoms with Crippen molar-refractivity contribution in [2.75, 3.05) is 11.4 Å². The molecule has 1 N–H and O–H groups in total. The third kappa shape index (κ3) is 6.13. The van der Waals surface area contributed by atoms with Gasteiger partial charge in [-0.1, -0.05) is 31.4 Å². The number of nitrogens with zero attached hydrogens (tertiary/aromatic N) is 2. The average molecular weight is 556 g/mol. The number of pyridine rings is 1. The highest BCUT2D eigenvalue weighted by molar-refractivity contribution is 7.89. The van der Waals surface area contributed by atoms with E-state index in [1.807, 2.05) is 10.8 Å². The van der Waals surface area contributed by atoms with Gasteiger partial charge in [0.25, 0.3) is 4.90 Å². The fourth-order valence-electron chi connectivity index (χ4n) is 4.38. The topological polar surface area (TPSA) is 68.3 Å². The van der Waals surface area contributed by atoms with E-state index in [9.17, 15) is 35.7 Å². The first-order valence-electron chi connectivity index (χ1n) is 11.8. The van der Waals surface area contributed by atoms with Gasteiger partial charge in [0, 0.05) is 11.9 Å². The summed E-state index contributed by atoms with van der Waals surface area (Å²) in [6.45, 7) is -0.952. The molecule has 1 unspecified atom stereocenters.